The molecule has 2 fully saturated rings. The average molecular weight is 421 g/mol. The minimum atomic E-state index is -0.578. The van der Waals surface area contributed by atoms with E-state index in [1.54, 1.807) is 6.08 Å². The number of amides is 1. The van der Waals surface area contributed by atoms with Crippen molar-refractivity contribution in [3.63, 3.8) is 0 Å². The Morgan fingerprint density at radius 2 is 2.00 bits per heavy atom. The highest BCUT2D eigenvalue weighted by Crippen LogP contribution is 2.40. The molecule has 4 nitrogen and oxygen atoms in total. The van der Waals surface area contributed by atoms with Crippen LogP contribution in [0.15, 0.2) is 23.8 Å². The lowest BCUT2D eigenvalue weighted by Crippen LogP contribution is -2.48. The van der Waals surface area contributed by atoms with Gasteiger partial charge in [0.15, 0.2) is 0 Å². The smallest absolute Gasteiger partial charge is 0.410 e. The molecule has 1 N–H and O–H groups in total. The number of carbonyl (C=O) groups is 1. The first-order valence-corrected chi connectivity index (χ1v) is 11.0. The Hall–Kier alpha value is -1.95. The minimum Gasteiger partial charge on any atom is -0.444 e. The normalized spacial score (nSPS) is 24.7. The number of ether oxygens (including phenoxy) is 1. The van der Waals surface area contributed by atoms with Gasteiger partial charge < -0.3 is 15.0 Å². The molecule has 1 saturated carbocycles. The van der Waals surface area contributed by atoms with Crippen LogP contribution >= 0.6 is 0 Å². The fourth-order valence-electron chi connectivity index (χ4n) is 4.71. The van der Waals surface area contributed by atoms with Gasteiger partial charge in [-0.15, -0.1) is 0 Å². The maximum atomic E-state index is 13.9. The van der Waals surface area contributed by atoms with Crippen molar-refractivity contribution in [2.75, 3.05) is 13.1 Å². The third kappa shape index (κ3) is 5.81. The fraction of sp³-hybridized carbons (Fsp3) is 0.625. The summed E-state index contributed by atoms with van der Waals surface area (Å²) in [6, 6.07) is 3.97. The molecule has 0 spiro atoms. The van der Waals surface area contributed by atoms with E-state index in [4.69, 9.17) is 4.74 Å². The van der Waals surface area contributed by atoms with E-state index in [1.807, 2.05) is 32.6 Å². The summed E-state index contributed by atoms with van der Waals surface area (Å²) in [7, 11) is 0. The molecule has 6 heteroatoms. The lowest BCUT2D eigenvalue weighted by atomic mass is 9.85. The molecule has 1 aromatic carbocycles. The molecule has 2 unspecified atom stereocenters. The molecule has 166 valence electrons. The van der Waals surface area contributed by atoms with Crippen molar-refractivity contribution in [2.24, 2.45) is 5.92 Å². The molecule has 3 atom stereocenters. The van der Waals surface area contributed by atoms with Crippen molar-refractivity contribution < 1.29 is 18.3 Å². The molecule has 1 aliphatic heterocycles. The van der Waals surface area contributed by atoms with Crippen molar-refractivity contribution >= 4 is 12.2 Å². The van der Waals surface area contributed by atoms with Crippen LogP contribution in [0, 0.1) is 17.6 Å². The van der Waals surface area contributed by atoms with E-state index in [0.29, 0.717) is 24.6 Å². The van der Waals surface area contributed by atoms with Gasteiger partial charge in [0.2, 0.25) is 0 Å². The molecule has 0 aromatic heterocycles. The first-order valence-electron chi connectivity index (χ1n) is 11.0. The zero-order valence-corrected chi connectivity index (χ0v) is 18.5. The number of halogens is 2. The second kappa shape index (κ2) is 9.46. The van der Waals surface area contributed by atoms with Crippen LogP contribution in [0.25, 0.3) is 6.08 Å². The summed E-state index contributed by atoms with van der Waals surface area (Å²) < 4.78 is 32.6. The molecule has 0 radical (unpaired) electrons. The summed E-state index contributed by atoms with van der Waals surface area (Å²) >= 11 is 0. The maximum Gasteiger partial charge on any atom is 0.410 e. The Bertz CT molecular complexity index is 788. The third-order valence-electron chi connectivity index (χ3n) is 5.95. The highest BCUT2D eigenvalue weighted by molar-refractivity contribution is 5.69. The van der Waals surface area contributed by atoms with Crippen LogP contribution in [0.1, 0.15) is 65.4 Å². The molecule has 2 aliphatic rings. The van der Waals surface area contributed by atoms with Crippen molar-refractivity contribution in [1.29, 1.82) is 0 Å². The highest BCUT2D eigenvalue weighted by atomic mass is 19.1. The largest absolute Gasteiger partial charge is 0.444 e. The summed E-state index contributed by atoms with van der Waals surface area (Å²) in [5, 5.41) is 3.42. The van der Waals surface area contributed by atoms with Gasteiger partial charge in [0.1, 0.15) is 17.2 Å². The molecule has 0 bridgehead atoms. The first-order chi connectivity index (χ1) is 14.1. The van der Waals surface area contributed by atoms with Gasteiger partial charge >= 0.3 is 6.09 Å². The fourth-order valence-corrected chi connectivity index (χ4v) is 4.71. The Morgan fingerprint density at radius 3 is 2.70 bits per heavy atom. The van der Waals surface area contributed by atoms with Crippen molar-refractivity contribution in [3.05, 3.63) is 41.0 Å². The maximum absolute atomic E-state index is 13.9. The molecule has 1 amide bonds. The Kier molecular flexibility index (Phi) is 7.17. The van der Waals surface area contributed by atoms with E-state index in [-0.39, 0.29) is 18.2 Å². The van der Waals surface area contributed by atoms with Gasteiger partial charge in [0.25, 0.3) is 0 Å². The molecule has 1 aromatic rings. The van der Waals surface area contributed by atoms with Gasteiger partial charge in [-0.2, -0.15) is 0 Å². The van der Waals surface area contributed by atoms with E-state index in [1.165, 1.54) is 25.0 Å². The van der Waals surface area contributed by atoms with Crippen LogP contribution in [0.4, 0.5) is 13.6 Å². The standard InChI is InChI=1S/C24H34F2N2O2/c1-16(11-17-9-10-19(25)13-21(17)26)14-27-15-20-12-18-7-5-6-8-22(18)28(20)23(29)30-24(2,3)4/h9-11,13,18,20,22,27H,5-8,12,14-15H2,1-4H3/b16-11+/t18?,20-,22?/m0/s1. The van der Waals surface area contributed by atoms with Crippen molar-refractivity contribution in [2.45, 2.75) is 77.5 Å². The zero-order valence-electron chi connectivity index (χ0n) is 18.5. The third-order valence-corrected chi connectivity index (χ3v) is 5.95. The van der Waals surface area contributed by atoms with Crippen molar-refractivity contribution in [1.82, 2.24) is 10.2 Å². The topological polar surface area (TPSA) is 41.6 Å². The molecule has 1 saturated heterocycles. The number of nitrogens with one attached hydrogen (secondary N) is 1. The number of hydrogen-bond acceptors (Lipinski definition) is 3. The van der Waals surface area contributed by atoms with Gasteiger partial charge in [0.05, 0.1) is 0 Å². The Labute approximate surface area is 178 Å². The summed E-state index contributed by atoms with van der Waals surface area (Å²) in [5.74, 6) is -0.598. The SMILES string of the molecule is C/C(=C\c1ccc(F)cc1F)CNC[C@@H]1CC2CCCCC2N1C(=O)OC(C)(C)C. The van der Waals surface area contributed by atoms with Crippen LogP contribution in [0.5, 0.6) is 0 Å². The number of rotatable bonds is 5. The molecule has 1 aliphatic carbocycles. The van der Waals surface area contributed by atoms with E-state index in [9.17, 15) is 13.6 Å². The van der Waals surface area contributed by atoms with E-state index >= 15 is 0 Å². The monoisotopic (exact) mass is 420 g/mol. The van der Waals surface area contributed by atoms with E-state index in [0.717, 1.165) is 30.9 Å². The number of hydrogen-bond donors (Lipinski definition) is 1. The van der Waals surface area contributed by atoms with Crippen molar-refractivity contribution in [3.8, 4) is 0 Å². The number of fused-ring (bicyclic) bond motifs is 1. The van der Waals surface area contributed by atoms with Gasteiger partial charge in [-0.1, -0.05) is 24.5 Å². The van der Waals surface area contributed by atoms with Gasteiger partial charge in [0, 0.05) is 36.8 Å². The molecule has 3 rings (SSSR count). The summed E-state index contributed by atoms with van der Waals surface area (Å²) in [6.45, 7) is 8.85. The van der Waals surface area contributed by atoms with Crippen LogP contribution in [0.2, 0.25) is 0 Å². The van der Waals surface area contributed by atoms with Crippen LogP contribution < -0.4 is 5.32 Å². The number of carbonyl (C=O) groups excluding carboxylic acids is 1. The lowest BCUT2D eigenvalue weighted by molar-refractivity contribution is 0.0105. The van der Waals surface area contributed by atoms with Gasteiger partial charge in [-0.3, -0.25) is 0 Å². The molecule has 1 heterocycles. The van der Waals surface area contributed by atoms with Crippen LogP contribution in [-0.4, -0.2) is 41.8 Å². The zero-order chi connectivity index (χ0) is 21.9. The van der Waals surface area contributed by atoms with Crippen LogP contribution in [0.3, 0.4) is 0 Å². The van der Waals surface area contributed by atoms with Crippen LogP contribution in [-0.2, 0) is 4.74 Å². The first kappa shape index (κ1) is 22.7. The number of benzene rings is 1. The van der Waals surface area contributed by atoms with E-state index < -0.39 is 17.2 Å². The molecule has 30 heavy (non-hydrogen) atoms. The van der Waals surface area contributed by atoms with Gasteiger partial charge in [-0.05, 0) is 65.0 Å². The molecular formula is C24H34F2N2O2. The summed E-state index contributed by atoms with van der Waals surface area (Å²) in [6.07, 6.45) is 7.10. The minimum absolute atomic E-state index is 0.100. The van der Waals surface area contributed by atoms with Gasteiger partial charge in [-0.25, -0.2) is 13.6 Å². The predicted molar refractivity (Wildman–Crippen MR) is 115 cm³/mol. The Morgan fingerprint density at radius 1 is 1.27 bits per heavy atom. The summed E-state index contributed by atoms with van der Waals surface area (Å²) in [4.78, 5) is 14.9. The average Bonchev–Trinajstić information content (AvgIpc) is 3.01. The lowest BCUT2D eigenvalue weighted by Gasteiger charge is -2.35. The quantitative estimate of drug-likeness (QED) is 0.681. The predicted octanol–water partition coefficient (Wildman–Crippen LogP) is 5.53. The van der Waals surface area contributed by atoms with E-state index in [2.05, 4.69) is 5.32 Å². The highest BCUT2D eigenvalue weighted by Gasteiger charge is 2.45. The molecular weight excluding hydrogens is 386 g/mol. The summed E-state index contributed by atoms with van der Waals surface area (Å²) in [5.41, 5.74) is 0.804. The number of nitrogens with zero attached hydrogens (tertiary/aromatic N) is 1. The number of likely N-dealkylation sites (tertiary alicyclic amines) is 1. The second-order valence-electron chi connectivity index (χ2n) is 9.68. The second-order valence-corrected chi connectivity index (χ2v) is 9.68. The Balaban J connectivity index is 1.62.